The lowest BCUT2D eigenvalue weighted by atomic mass is 10.2. The van der Waals surface area contributed by atoms with Gasteiger partial charge >= 0.3 is 6.30 Å². The molecule has 1 nitrogen and oxygen atoms in total. The normalized spacial score (nSPS) is 10.9. The van der Waals surface area contributed by atoms with Crippen molar-refractivity contribution in [2.24, 2.45) is 0 Å². The van der Waals surface area contributed by atoms with Crippen LogP contribution in [-0.4, -0.2) is 4.57 Å². The molecule has 2 aromatic carbocycles. The summed E-state index contributed by atoms with van der Waals surface area (Å²) in [5.74, 6) is 0. The average molecular weight is 263 g/mol. The Morgan fingerprint density at radius 2 is 1.21 bits per heavy atom. The molecule has 0 radical (unpaired) electrons. The monoisotopic (exact) mass is 263 g/mol. The second kappa shape index (κ2) is 5.61. The van der Waals surface area contributed by atoms with E-state index >= 15 is 0 Å². The topological polar surface area (TPSA) is 4.93 Å². The van der Waals surface area contributed by atoms with E-state index in [2.05, 4.69) is 0 Å². The van der Waals surface area contributed by atoms with Gasteiger partial charge in [-0.25, -0.2) is 0 Å². The third-order valence-electron chi connectivity index (χ3n) is 2.54. The minimum absolute atomic E-state index is 0.190. The highest BCUT2D eigenvalue weighted by Gasteiger charge is 2.31. The highest BCUT2D eigenvalue weighted by atomic mass is 19.4. The van der Waals surface area contributed by atoms with E-state index in [0.29, 0.717) is 9.95 Å². The van der Waals surface area contributed by atoms with Crippen LogP contribution in [0.1, 0.15) is 0 Å². The lowest BCUT2D eigenvalue weighted by Gasteiger charge is -2.08. The number of para-hydroxylation sites is 1. The Labute approximate surface area is 108 Å². The molecule has 0 fully saturated rings. The maximum atomic E-state index is 12.3. The summed E-state index contributed by atoms with van der Waals surface area (Å²) >= 11 is 0. The van der Waals surface area contributed by atoms with Crippen LogP contribution in [-0.2, 0) is 6.30 Å². The summed E-state index contributed by atoms with van der Waals surface area (Å²) in [7, 11) is 0. The molecule has 0 unspecified atom stereocenters. The number of halogens is 3. The van der Waals surface area contributed by atoms with Crippen molar-refractivity contribution < 1.29 is 13.2 Å². The van der Waals surface area contributed by atoms with Crippen LogP contribution in [0.15, 0.2) is 72.9 Å². The van der Waals surface area contributed by atoms with Crippen LogP contribution in [0.2, 0.25) is 0 Å². The summed E-state index contributed by atoms with van der Waals surface area (Å²) in [6.45, 7) is 0. The highest BCUT2D eigenvalue weighted by Crippen LogP contribution is 2.27. The van der Waals surface area contributed by atoms with Crippen LogP contribution in [0.25, 0.3) is 10.9 Å². The summed E-state index contributed by atoms with van der Waals surface area (Å²) in [5, 5.41) is 0.597. The van der Waals surface area contributed by atoms with Gasteiger partial charge < -0.3 is 0 Å². The van der Waals surface area contributed by atoms with Crippen LogP contribution >= 0.6 is 0 Å². The Hall–Kier alpha value is -2.23. The summed E-state index contributed by atoms with van der Waals surface area (Å²) in [6.07, 6.45) is -3.30. The van der Waals surface area contributed by atoms with Crippen molar-refractivity contribution in [3.8, 4) is 0 Å². The molecule has 0 aliphatic carbocycles. The van der Waals surface area contributed by atoms with E-state index in [4.69, 9.17) is 0 Å². The maximum absolute atomic E-state index is 12.3. The number of fused-ring (bicyclic) bond motifs is 1. The molecule has 0 bridgehead atoms. The molecule has 0 atom stereocenters. The smallest absolute Gasteiger partial charge is 0.259 e. The van der Waals surface area contributed by atoms with Crippen molar-refractivity contribution in [1.29, 1.82) is 0 Å². The maximum Gasteiger partial charge on any atom is 0.488 e. The molecule has 0 amide bonds. The van der Waals surface area contributed by atoms with Crippen molar-refractivity contribution in [1.82, 2.24) is 4.57 Å². The molecule has 0 N–H and O–H groups in total. The van der Waals surface area contributed by atoms with Gasteiger partial charge in [0.2, 0.25) is 0 Å². The molecule has 1 aromatic heterocycles. The van der Waals surface area contributed by atoms with Gasteiger partial charge in [0.1, 0.15) is 0 Å². The Morgan fingerprint density at radius 1 is 0.684 bits per heavy atom. The van der Waals surface area contributed by atoms with E-state index < -0.39 is 6.30 Å². The molecule has 4 heteroatoms. The zero-order valence-electron chi connectivity index (χ0n) is 10.0. The van der Waals surface area contributed by atoms with Crippen molar-refractivity contribution in [3.63, 3.8) is 0 Å². The van der Waals surface area contributed by atoms with Gasteiger partial charge in [-0.1, -0.05) is 54.6 Å². The minimum atomic E-state index is -4.33. The number of benzene rings is 2. The van der Waals surface area contributed by atoms with Gasteiger partial charge in [-0.05, 0) is 17.5 Å². The van der Waals surface area contributed by atoms with Crippen LogP contribution < -0.4 is 0 Å². The molecule has 0 aliphatic rings. The van der Waals surface area contributed by atoms with Gasteiger partial charge in [-0.2, -0.15) is 0 Å². The van der Waals surface area contributed by atoms with E-state index in [-0.39, 0.29) is 5.52 Å². The van der Waals surface area contributed by atoms with E-state index in [1.54, 1.807) is 18.2 Å². The predicted octanol–water partition coefficient (Wildman–Crippen LogP) is 4.80. The Kier molecular flexibility index (Phi) is 3.90. The largest absolute Gasteiger partial charge is 0.488 e. The number of hydrogen-bond donors (Lipinski definition) is 0. The number of nitrogens with zero attached hydrogens (tertiary/aromatic N) is 1. The predicted molar refractivity (Wildman–Crippen MR) is 69.7 cm³/mol. The fourth-order valence-corrected chi connectivity index (χ4v) is 1.69. The third-order valence-corrected chi connectivity index (χ3v) is 2.54. The third kappa shape index (κ3) is 3.37. The van der Waals surface area contributed by atoms with E-state index in [9.17, 15) is 13.2 Å². The van der Waals surface area contributed by atoms with E-state index in [0.717, 1.165) is 6.20 Å². The second-order valence-corrected chi connectivity index (χ2v) is 3.87. The number of alkyl halides is 3. The van der Waals surface area contributed by atoms with Gasteiger partial charge in [0.15, 0.2) is 0 Å². The number of aromatic nitrogens is 1. The molecule has 0 aliphatic heterocycles. The van der Waals surface area contributed by atoms with Crippen molar-refractivity contribution in [2.75, 3.05) is 0 Å². The summed E-state index contributed by atoms with van der Waals surface area (Å²) in [6, 6.07) is 19.8. The lowest BCUT2D eigenvalue weighted by Crippen LogP contribution is -2.14. The van der Waals surface area contributed by atoms with Gasteiger partial charge in [0, 0.05) is 6.20 Å². The quantitative estimate of drug-likeness (QED) is 0.549. The Morgan fingerprint density at radius 3 is 1.74 bits per heavy atom. The standard InChI is InChI=1S/C9H6F3N.C6H6/c10-9(11,12)13-6-5-7-3-1-2-4-8(7)13;1-2-4-6-5-3-1/h1-6H;1-6H. The zero-order valence-corrected chi connectivity index (χ0v) is 10.0. The van der Waals surface area contributed by atoms with Gasteiger partial charge in [-0.3, -0.25) is 4.57 Å². The molecule has 0 saturated carbocycles. The van der Waals surface area contributed by atoms with Gasteiger partial charge in [0.25, 0.3) is 0 Å². The van der Waals surface area contributed by atoms with Crippen LogP contribution in [0.4, 0.5) is 13.2 Å². The van der Waals surface area contributed by atoms with Crippen LogP contribution in [0.5, 0.6) is 0 Å². The molecule has 0 saturated heterocycles. The fraction of sp³-hybridized carbons (Fsp3) is 0.0667. The molecule has 19 heavy (non-hydrogen) atoms. The molecule has 3 rings (SSSR count). The first-order valence-corrected chi connectivity index (χ1v) is 5.72. The summed E-state index contributed by atoms with van der Waals surface area (Å²) < 4.78 is 37.3. The molecule has 1 heterocycles. The fourth-order valence-electron chi connectivity index (χ4n) is 1.69. The first-order valence-electron chi connectivity index (χ1n) is 5.72. The summed E-state index contributed by atoms with van der Waals surface area (Å²) in [5.41, 5.74) is 0.190. The van der Waals surface area contributed by atoms with Crippen LogP contribution in [0, 0.1) is 0 Å². The van der Waals surface area contributed by atoms with Crippen molar-refractivity contribution in [2.45, 2.75) is 6.30 Å². The number of rotatable bonds is 0. The van der Waals surface area contributed by atoms with Gasteiger partial charge in [-0.15, -0.1) is 13.2 Å². The highest BCUT2D eigenvalue weighted by molar-refractivity contribution is 5.80. The number of hydrogen-bond acceptors (Lipinski definition) is 0. The Bertz CT molecular complexity index is 600. The lowest BCUT2D eigenvalue weighted by molar-refractivity contribution is -0.200. The Balaban J connectivity index is 0.000000186. The minimum Gasteiger partial charge on any atom is -0.259 e. The first-order chi connectivity index (χ1) is 9.09. The molecule has 3 aromatic rings. The SMILES string of the molecule is FC(F)(F)n1ccc2ccccc21.c1ccccc1. The first kappa shape index (κ1) is 13.2. The molecule has 98 valence electrons. The van der Waals surface area contributed by atoms with Crippen molar-refractivity contribution in [3.05, 3.63) is 72.9 Å². The molecular formula is C15H12F3N. The second-order valence-electron chi connectivity index (χ2n) is 3.87. The molecule has 0 spiro atoms. The van der Waals surface area contributed by atoms with Crippen molar-refractivity contribution >= 4 is 10.9 Å². The van der Waals surface area contributed by atoms with E-state index in [1.165, 1.54) is 12.1 Å². The van der Waals surface area contributed by atoms with Gasteiger partial charge in [0.05, 0.1) is 5.52 Å². The zero-order chi connectivity index (χ0) is 13.7. The summed E-state index contributed by atoms with van der Waals surface area (Å²) in [4.78, 5) is 0. The molecular weight excluding hydrogens is 251 g/mol. The van der Waals surface area contributed by atoms with E-state index in [1.807, 2.05) is 36.4 Å². The average Bonchev–Trinajstić information content (AvgIpc) is 2.85. The van der Waals surface area contributed by atoms with Crippen LogP contribution in [0.3, 0.4) is 0 Å².